The summed E-state index contributed by atoms with van der Waals surface area (Å²) in [4.78, 5) is 0. The largest absolute Gasteiger partial charge is 0.394 e. The predicted molar refractivity (Wildman–Crippen MR) is 48.1 cm³/mol. The number of nitrogens with two attached hydrogens (primary N) is 1. The molecule has 0 radical (unpaired) electrons. The molecule has 72 valence electrons. The average molecular weight is 252 g/mol. The fraction of sp³-hybridized carbons (Fsp3) is 0.250. The Morgan fingerprint density at radius 2 is 2.08 bits per heavy atom. The summed E-state index contributed by atoms with van der Waals surface area (Å²) in [5.41, 5.74) is 5.02. The van der Waals surface area contributed by atoms with E-state index in [0.717, 1.165) is 6.07 Å². The van der Waals surface area contributed by atoms with Crippen molar-refractivity contribution in [3.05, 3.63) is 33.8 Å². The Kier molecular flexibility index (Phi) is 3.35. The lowest BCUT2D eigenvalue weighted by Crippen LogP contribution is -2.18. The highest BCUT2D eigenvalue weighted by atomic mass is 79.9. The topological polar surface area (TPSA) is 46.2 Å². The zero-order valence-electron chi connectivity index (χ0n) is 6.60. The second-order valence-electron chi connectivity index (χ2n) is 2.55. The van der Waals surface area contributed by atoms with Gasteiger partial charge in [-0.2, -0.15) is 0 Å². The first kappa shape index (κ1) is 10.6. The minimum Gasteiger partial charge on any atom is -0.394 e. The van der Waals surface area contributed by atoms with Crippen LogP contribution < -0.4 is 5.73 Å². The smallest absolute Gasteiger partial charge is 0.145 e. The zero-order valence-corrected chi connectivity index (χ0v) is 8.18. The first-order valence-corrected chi connectivity index (χ1v) is 4.37. The summed E-state index contributed by atoms with van der Waals surface area (Å²) in [6.07, 6.45) is 0. The summed E-state index contributed by atoms with van der Waals surface area (Å²) in [6.45, 7) is -0.496. The van der Waals surface area contributed by atoms with Gasteiger partial charge in [0.05, 0.1) is 17.1 Å². The molecule has 0 fully saturated rings. The monoisotopic (exact) mass is 251 g/mol. The van der Waals surface area contributed by atoms with Crippen LogP contribution in [0, 0.1) is 11.6 Å². The van der Waals surface area contributed by atoms with Crippen LogP contribution in [0.2, 0.25) is 0 Å². The third-order valence-corrected chi connectivity index (χ3v) is 2.26. The van der Waals surface area contributed by atoms with E-state index in [0.29, 0.717) is 0 Å². The van der Waals surface area contributed by atoms with Gasteiger partial charge in [0.25, 0.3) is 0 Å². The number of rotatable bonds is 2. The van der Waals surface area contributed by atoms with Crippen LogP contribution in [-0.4, -0.2) is 11.7 Å². The third-order valence-electron chi connectivity index (χ3n) is 1.65. The number of hydrogen-bond donors (Lipinski definition) is 2. The Morgan fingerprint density at radius 3 is 2.62 bits per heavy atom. The maximum atomic E-state index is 13.2. The van der Waals surface area contributed by atoms with Crippen LogP contribution in [0.4, 0.5) is 8.78 Å². The maximum Gasteiger partial charge on any atom is 0.145 e. The van der Waals surface area contributed by atoms with Crippen molar-refractivity contribution in [2.45, 2.75) is 6.04 Å². The molecule has 3 N–H and O–H groups in total. The van der Waals surface area contributed by atoms with Crippen LogP contribution in [0.15, 0.2) is 16.6 Å². The molecule has 0 aliphatic heterocycles. The van der Waals surface area contributed by atoms with Gasteiger partial charge in [0, 0.05) is 5.56 Å². The van der Waals surface area contributed by atoms with Gasteiger partial charge in [-0.1, -0.05) is 0 Å². The molecule has 0 amide bonds. The Morgan fingerprint density at radius 1 is 1.46 bits per heavy atom. The maximum absolute atomic E-state index is 13.2. The average Bonchev–Trinajstić information content (AvgIpc) is 2.12. The fourth-order valence-electron chi connectivity index (χ4n) is 0.974. The summed E-state index contributed by atoms with van der Waals surface area (Å²) < 4.78 is 26.4. The lowest BCUT2D eigenvalue weighted by Gasteiger charge is -2.11. The van der Waals surface area contributed by atoms with Crippen LogP contribution in [0.25, 0.3) is 0 Å². The van der Waals surface area contributed by atoms with E-state index in [-0.39, 0.29) is 10.0 Å². The van der Waals surface area contributed by atoms with Crippen LogP contribution >= 0.6 is 15.9 Å². The molecule has 5 heteroatoms. The summed E-state index contributed by atoms with van der Waals surface area (Å²) in [7, 11) is 0. The molecule has 0 saturated heterocycles. The molecule has 1 aromatic carbocycles. The van der Waals surface area contributed by atoms with Crippen molar-refractivity contribution < 1.29 is 13.9 Å². The van der Waals surface area contributed by atoms with Gasteiger partial charge in [-0.15, -0.1) is 0 Å². The van der Waals surface area contributed by atoms with E-state index in [1.807, 2.05) is 0 Å². The first-order chi connectivity index (χ1) is 6.07. The molecular weight excluding hydrogens is 244 g/mol. The number of benzene rings is 1. The second-order valence-corrected chi connectivity index (χ2v) is 3.40. The van der Waals surface area contributed by atoms with E-state index in [9.17, 15) is 8.78 Å². The summed E-state index contributed by atoms with van der Waals surface area (Å²) in [5.74, 6) is -1.51. The minimum absolute atomic E-state index is 0.132. The molecule has 0 heterocycles. The van der Waals surface area contributed by atoms with Gasteiger partial charge in [0.15, 0.2) is 0 Å². The lowest BCUT2D eigenvalue weighted by atomic mass is 10.1. The van der Waals surface area contributed by atoms with Gasteiger partial charge >= 0.3 is 0 Å². The van der Waals surface area contributed by atoms with Crippen molar-refractivity contribution in [1.29, 1.82) is 0 Å². The van der Waals surface area contributed by atoms with Crippen LogP contribution in [0.1, 0.15) is 11.6 Å². The first-order valence-electron chi connectivity index (χ1n) is 3.57. The molecule has 0 bridgehead atoms. The highest BCUT2D eigenvalue weighted by molar-refractivity contribution is 9.10. The molecule has 0 aliphatic carbocycles. The number of aliphatic hydroxyl groups excluding tert-OH is 1. The zero-order chi connectivity index (χ0) is 10.0. The molecular formula is C8H8BrF2NO. The van der Waals surface area contributed by atoms with Crippen molar-refractivity contribution in [2.75, 3.05) is 6.61 Å². The van der Waals surface area contributed by atoms with Crippen molar-refractivity contribution in [1.82, 2.24) is 0 Å². The Labute approximate surface area is 82.5 Å². The Hall–Kier alpha value is -0.520. The van der Waals surface area contributed by atoms with Crippen molar-refractivity contribution in [3.63, 3.8) is 0 Å². The molecule has 0 aliphatic rings. The van der Waals surface area contributed by atoms with Gasteiger partial charge in [-0.25, -0.2) is 8.78 Å². The van der Waals surface area contributed by atoms with Crippen molar-refractivity contribution in [3.8, 4) is 0 Å². The minimum atomic E-state index is -1.03. The fourth-order valence-corrected chi connectivity index (χ4v) is 1.32. The number of halogens is 3. The van der Waals surface area contributed by atoms with E-state index in [1.54, 1.807) is 0 Å². The normalized spacial score (nSPS) is 13.0. The SMILES string of the molecule is N[C@@H](CO)c1c(F)ccc(Br)c1F. The molecule has 1 aromatic rings. The van der Waals surface area contributed by atoms with Gasteiger partial charge in [-0.05, 0) is 28.1 Å². The van der Waals surface area contributed by atoms with Crippen LogP contribution in [0.3, 0.4) is 0 Å². The summed E-state index contributed by atoms with van der Waals surface area (Å²) >= 11 is 2.90. The van der Waals surface area contributed by atoms with Gasteiger partial charge in [0.1, 0.15) is 11.6 Å². The van der Waals surface area contributed by atoms with Crippen molar-refractivity contribution in [2.24, 2.45) is 5.73 Å². The number of aliphatic hydroxyl groups is 1. The molecule has 0 aromatic heterocycles. The Bertz CT molecular complexity index is 319. The van der Waals surface area contributed by atoms with Gasteiger partial charge in [0.2, 0.25) is 0 Å². The van der Waals surface area contributed by atoms with Gasteiger partial charge in [-0.3, -0.25) is 0 Å². The van der Waals surface area contributed by atoms with E-state index in [4.69, 9.17) is 10.8 Å². The molecule has 13 heavy (non-hydrogen) atoms. The van der Waals surface area contributed by atoms with Gasteiger partial charge < -0.3 is 10.8 Å². The van der Waals surface area contributed by atoms with Crippen LogP contribution in [0.5, 0.6) is 0 Å². The molecule has 0 saturated carbocycles. The van der Waals surface area contributed by atoms with E-state index in [1.165, 1.54) is 6.07 Å². The predicted octanol–water partition coefficient (Wildman–Crippen LogP) is 1.72. The van der Waals surface area contributed by atoms with Crippen LogP contribution in [-0.2, 0) is 0 Å². The molecule has 1 atom stereocenters. The highest BCUT2D eigenvalue weighted by Crippen LogP contribution is 2.25. The molecule has 2 nitrogen and oxygen atoms in total. The molecule has 0 spiro atoms. The standard InChI is InChI=1S/C8H8BrF2NO/c9-4-1-2-5(10)7(8(4)11)6(12)3-13/h1-2,6,13H,3,12H2/t6-/m0/s1. The van der Waals surface area contributed by atoms with E-state index in [2.05, 4.69) is 15.9 Å². The highest BCUT2D eigenvalue weighted by Gasteiger charge is 2.17. The lowest BCUT2D eigenvalue weighted by molar-refractivity contribution is 0.262. The van der Waals surface area contributed by atoms with E-state index >= 15 is 0 Å². The molecule has 0 unspecified atom stereocenters. The second kappa shape index (κ2) is 4.13. The van der Waals surface area contributed by atoms with E-state index < -0.39 is 24.3 Å². The van der Waals surface area contributed by atoms with Crippen molar-refractivity contribution >= 4 is 15.9 Å². The molecule has 1 rings (SSSR count). The number of hydrogen-bond acceptors (Lipinski definition) is 2. The summed E-state index contributed by atoms with van der Waals surface area (Å²) in [5, 5.41) is 8.65. The Balaban J connectivity index is 3.25. The third kappa shape index (κ3) is 2.04. The quantitative estimate of drug-likeness (QED) is 0.787. The summed E-state index contributed by atoms with van der Waals surface area (Å²) in [6, 6.07) is 1.31.